The molecule has 0 aliphatic carbocycles. The maximum Gasteiger partial charge on any atom is 0.261 e. The van der Waals surface area contributed by atoms with Gasteiger partial charge in [-0.2, -0.15) is 5.10 Å². The minimum Gasteiger partial charge on any atom is -0.342 e. The van der Waals surface area contributed by atoms with Gasteiger partial charge in [0.1, 0.15) is 12.2 Å². The SMILES string of the molecule is CCCc1sc(C(=O)NC(C)c2ncn[nH]2)cc1CC. The Balaban J connectivity index is 2.09. The summed E-state index contributed by atoms with van der Waals surface area (Å²) < 4.78 is 0. The van der Waals surface area contributed by atoms with Crippen LogP contribution in [-0.2, 0) is 12.8 Å². The van der Waals surface area contributed by atoms with Crippen LogP contribution in [0.5, 0.6) is 0 Å². The van der Waals surface area contributed by atoms with Crippen LogP contribution < -0.4 is 5.32 Å². The monoisotopic (exact) mass is 292 g/mol. The minimum atomic E-state index is -0.174. The number of nitrogens with zero attached hydrogens (tertiary/aromatic N) is 2. The molecule has 1 amide bonds. The molecule has 0 saturated carbocycles. The van der Waals surface area contributed by atoms with E-state index in [9.17, 15) is 4.79 Å². The number of nitrogens with one attached hydrogen (secondary N) is 2. The summed E-state index contributed by atoms with van der Waals surface area (Å²) in [5, 5.41) is 9.51. The van der Waals surface area contributed by atoms with Crippen molar-refractivity contribution in [2.45, 2.75) is 46.1 Å². The van der Waals surface area contributed by atoms with E-state index in [-0.39, 0.29) is 11.9 Å². The van der Waals surface area contributed by atoms with Crippen LogP contribution in [0, 0.1) is 0 Å². The maximum absolute atomic E-state index is 12.3. The molecule has 0 radical (unpaired) electrons. The molecule has 2 rings (SSSR count). The van der Waals surface area contributed by atoms with Gasteiger partial charge in [-0.1, -0.05) is 20.3 Å². The van der Waals surface area contributed by atoms with Gasteiger partial charge in [0, 0.05) is 4.88 Å². The molecule has 20 heavy (non-hydrogen) atoms. The van der Waals surface area contributed by atoms with Crippen LogP contribution in [0.2, 0.25) is 0 Å². The van der Waals surface area contributed by atoms with Gasteiger partial charge < -0.3 is 5.32 Å². The third-order valence-electron chi connectivity index (χ3n) is 3.17. The van der Waals surface area contributed by atoms with Crippen LogP contribution in [0.15, 0.2) is 12.4 Å². The fourth-order valence-corrected chi connectivity index (χ4v) is 3.33. The summed E-state index contributed by atoms with van der Waals surface area (Å²) in [6.45, 7) is 6.17. The largest absolute Gasteiger partial charge is 0.342 e. The summed E-state index contributed by atoms with van der Waals surface area (Å²) in [5.74, 6) is 0.621. The lowest BCUT2D eigenvalue weighted by Gasteiger charge is -2.09. The highest BCUT2D eigenvalue weighted by atomic mass is 32.1. The zero-order valence-electron chi connectivity index (χ0n) is 12.1. The van der Waals surface area contributed by atoms with E-state index in [0.29, 0.717) is 5.82 Å². The highest BCUT2D eigenvalue weighted by molar-refractivity contribution is 7.14. The highest BCUT2D eigenvalue weighted by Gasteiger charge is 2.17. The molecular formula is C14H20N4OS. The van der Waals surface area contributed by atoms with E-state index in [1.54, 1.807) is 11.3 Å². The van der Waals surface area contributed by atoms with E-state index in [0.717, 1.165) is 24.1 Å². The van der Waals surface area contributed by atoms with Crippen molar-refractivity contribution in [1.29, 1.82) is 0 Å². The second kappa shape index (κ2) is 6.65. The number of aromatic nitrogens is 3. The van der Waals surface area contributed by atoms with E-state index in [1.807, 2.05) is 13.0 Å². The number of carbonyl (C=O) groups is 1. The second-order valence-corrected chi connectivity index (χ2v) is 5.87. The zero-order valence-corrected chi connectivity index (χ0v) is 12.9. The third-order valence-corrected chi connectivity index (χ3v) is 4.41. The van der Waals surface area contributed by atoms with Crippen LogP contribution in [-0.4, -0.2) is 21.1 Å². The normalized spacial score (nSPS) is 12.3. The van der Waals surface area contributed by atoms with Crippen molar-refractivity contribution in [2.24, 2.45) is 0 Å². The van der Waals surface area contributed by atoms with Gasteiger partial charge in [0.2, 0.25) is 0 Å². The molecular weight excluding hydrogens is 272 g/mol. The summed E-state index contributed by atoms with van der Waals surface area (Å²) in [6.07, 6.45) is 4.55. The van der Waals surface area contributed by atoms with Crippen molar-refractivity contribution < 1.29 is 4.79 Å². The topological polar surface area (TPSA) is 70.7 Å². The molecule has 5 nitrogen and oxygen atoms in total. The molecule has 0 saturated heterocycles. The lowest BCUT2D eigenvalue weighted by molar-refractivity contribution is 0.0942. The average Bonchev–Trinajstić information content (AvgIpc) is 3.08. The Morgan fingerprint density at radius 3 is 2.90 bits per heavy atom. The van der Waals surface area contributed by atoms with Crippen molar-refractivity contribution in [2.75, 3.05) is 0 Å². The number of amides is 1. The smallest absolute Gasteiger partial charge is 0.261 e. The van der Waals surface area contributed by atoms with Gasteiger partial charge in [-0.3, -0.25) is 9.89 Å². The summed E-state index contributed by atoms with van der Waals surface area (Å²) in [5.41, 5.74) is 1.29. The number of aryl methyl sites for hydroxylation is 2. The Hall–Kier alpha value is -1.69. The van der Waals surface area contributed by atoms with Crippen molar-refractivity contribution in [3.05, 3.63) is 33.5 Å². The molecule has 108 valence electrons. The van der Waals surface area contributed by atoms with Gasteiger partial charge in [-0.15, -0.1) is 11.3 Å². The fourth-order valence-electron chi connectivity index (χ4n) is 2.08. The van der Waals surface area contributed by atoms with Gasteiger partial charge in [-0.05, 0) is 31.4 Å². The Morgan fingerprint density at radius 1 is 1.50 bits per heavy atom. The molecule has 0 aliphatic heterocycles. The first-order valence-corrected chi connectivity index (χ1v) is 7.75. The number of hydrogen-bond donors (Lipinski definition) is 2. The van der Waals surface area contributed by atoms with Crippen molar-refractivity contribution >= 4 is 17.2 Å². The first-order valence-electron chi connectivity index (χ1n) is 6.93. The molecule has 2 aromatic rings. The molecule has 6 heteroatoms. The number of aromatic amines is 1. The van der Waals surface area contributed by atoms with Crippen LogP contribution in [0.1, 0.15) is 59.2 Å². The van der Waals surface area contributed by atoms with Gasteiger partial charge in [0.05, 0.1) is 10.9 Å². The Bertz CT molecular complexity index is 562. The van der Waals surface area contributed by atoms with Gasteiger partial charge in [0.25, 0.3) is 5.91 Å². The fraction of sp³-hybridized carbons (Fsp3) is 0.500. The number of hydrogen-bond acceptors (Lipinski definition) is 4. The third kappa shape index (κ3) is 3.25. The molecule has 0 spiro atoms. The van der Waals surface area contributed by atoms with Gasteiger partial charge >= 0.3 is 0 Å². The van der Waals surface area contributed by atoms with E-state index >= 15 is 0 Å². The summed E-state index contributed by atoms with van der Waals surface area (Å²) in [7, 11) is 0. The maximum atomic E-state index is 12.3. The summed E-state index contributed by atoms with van der Waals surface area (Å²) in [4.78, 5) is 18.4. The molecule has 2 heterocycles. The molecule has 0 aromatic carbocycles. The van der Waals surface area contributed by atoms with E-state index in [1.165, 1.54) is 16.8 Å². The van der Waals surface area contributed by atoms with Crippen LogP contribution in [0.4, 0.5) is 0 Å². The number of thiophene rings is 1. The molecule has 2 aromatic heterocycles. The van der Waals surface area contributed by atoms with Crippen molar-refractivity contribution in [3.63, 3.8) is 0 Å². The Morgan fingerprint density at radius 2 is 2.30 bits per heavy atom. The van der Waals surface area contributed by atoms with Gasteiger partial charge in [0.15, 0.2) is 0 Å². The van der Waals surface area contributed by atoms with Crippen LogP contribution in [0.25, 0.3) is 0 Å². The number of carbonyl (C=O) groups excluding carboxylic acids is 1. The second-order valence-electron chi connectivity index (χ2n) is 4.73. The minimum absolute atomic E-state index is 0.0454. The predicted molar refractivity (Wildman–Crippen MR) is 80.0 cm³/mol. The lowest BCUT2D eigenvalue weighted by atomic mass is 10.1. The summed E-state index contributed by atoms with van der Waals surface area (Å²) in [6, 6.07) is 1.84. The molecule has 1 atom stereocenters. The van der Waals surface area contributed by atoms with Gasteiger partial charge in [-0.25, -0.2) is 4.98 Å². The molecule has 0 bridgehead atoms. The molecule has 1 unspecified atom stereocenters. The van der Waals surface area contributed by atoms with E-state index in [2.05, 4.69) is 34.3 Å². The molecule has 0 aliphatic rings. The van der Waals surface area contributed by atoms with Crippen LogP contribution >= 0.6 is 11.3 Å². The summed E-state index contributed by atoms with van der Waals surface area (Å²) >= 11 is 1.60. The predicted octanol–water partition coefficient (Wildman–Crippen LogP) is 2.87. The Kier molecular flexibility index (Phi) is 4.89. The van der Waals surface area contributed by atoms with Crippen molar-refractivity contribution in [3.8, 4) is 0 Å². The standard InChI is InChI=1S/C14H20N4OS/c1-4-6-11-10(5-2)7-12(20-11)14(19)17-9(3)13-15-8-16-18-13/h7-9H,4-6H2,1-3H3,(H,17,19)(H,15,16,18). The number of rotatable bonds is 6. The zero-order chi connectivity index (χ0) is 14.5. The van der Waals surface area contributed by atoms with Crippen LogP contribution in [0.3, 0.4) is 0 Å². The molecule has 2 N–H and O–H groups in total. The number of H-pyrrole nitrogens is 1. The first kappa shape index (κ1) is 14.7. The quantitative estimate of drug-likeness (QED) is 0.860. The first-order chi connectivity index (χ1) is 9.65. The lowest BCUT2D eigenvalue weighted by Crippen LogP contribution is -2.26. The van der Waals surface area contributed by atoms with Crippen molar-refractivity contribution in [1.82, 2.24) is 20.5 Å². The molecule has 0 fully saturated rings. The highest BCUT2D eigenvalue weighted by Crippen LogP contribution is 2.25. The Labute approximate surface area is 122 Å². The van der Waals surface area contributed by atoms with E-state index in [4.69, 9.17) is 0 Å². The van der Waals surface area contributed by atoms with E-state index < -0.39 is 0 Å². The average molecular weight is 292 g/mol.